The fourth-order valence-electron chi connectivity index (χ4n) is 2.67. The van der Waals surface area contributed by atoms with E-state index in [1.807, 2.05) is 0 Å². The number of carbonyl (C=O) groups excluding carboxylic acids is 2. The van der Waals surface area contributed by atoms with Crippen molar-refractivity contribution in [2.45, 2.75) is 13.0 Å². The van der Waals surface area contributed by atoms with Gasteiger partial charge in [-0.05, 0) is 49.4 Å². The molecule has 0 saturated carbocycles. The summed E-state index contributed by atoms with van der Waals surface area (Å²) in [5, 5.41) is 3.51. The first-order valence-electron chi connectivity index (χ1n) is 9.26. The van der Waals surface area contributed by atoms with Crippen LogP contribution in [0.4, 0.5) is 5.69 Å². The molecule has 31 heavy (non-hydrogen) atoms. The molecule has 0 aliphatic heterocycles. The molecule has 6 nitrogen and oxygen atoms in total. The van der Waals surface area contributed by atoms with E-state index in [4.69, 9.17) is 37.4 Å². The molecular weight excluding hydrogens is 441 g/mol. The summed E-state index contributed by atoms with van der Waals surface area (Å²) in [6.45, 7) is 1.59. The lowest BCUT2D eigenvalue weighted by molar-refractivity contribution is -0.122. The molecule has 0 aromatic heterocycles. The minimum Gasteiger partial charge on any atom is -0.477 e. The van der Waals surface area contributed by atoms with Crippen LogP contribution in [0.25, 0.3) is 0 Å². The Morgan fingerprint density at radius 2 is 1.58 bits per heavy atom. The molecule has 1 atom stereocenters. The van der Waals surface area contributed by atoms with E-state index in [0.717, 1.165) is 0 Å². The highest BCUT2D eigenvalue weighted by atomic mass is 35.5. The molecule has 1 N–H and O–H groups in total. The minimum atomic E-state index is -0.892. The third-order valence-electron chi connectivity index (χ3n) is 4.23. The van der Waals surface area contributed by atoms with E-state index in [-0.39, 0.29) is 5.56 Å². The third kappa shape index (κ3) is 5.69. The van der Waals surface area contributed by atoms with Crippen molar-refractivity contribution in [1.82, 2.24) is 0 Å². The van der Waals surface area contributed by atoms with Gasteiger partial charge in [0.15, 0.2) is 17.6 Å². The average Bonchev–Trinajstić information content (AvgIpc) is 2.76. The normalized spacial score (nSPS) is 11.4. The maximum absolute atomic E-state index is 12.7. The molecule has 0 saturated heterocycles. The Morgan fingerprint density at radius 3 is 2.29 bits per heavy atom. The van der Waals surface area contributed by atoms with Gasteiger partial charge in [0, 0.05) is 5.02 Å². The van der Waals surface area contributed by atoms with Gasteiger partial charge in [-0.25, -0.2) is 4.79 Å². The number of anilines is 1. The van der Waals surface area contributed by atoms with Crippen molar-refractivity contribution in [3.8, 4) is 17.2 Å². The van der Waals surface area contributed by atoms with Crippen LogP contribution in [0.2, 0.25) is 10.0 Å². The first kappa shape index (κ1) is 22.5. The zero-order valence-electron chi connectivity index (χ0n) is 16.7. The predicted octanol–water partition coefficient (Wildman–Crippen LogP) is 5.98. The number of methoxy groups -OCH3 is 1. The third-order valence-corrected chi connectivity index (χ3v) is 4.76. The Bertz CT molecular complexity index is 1100. The van der Waals surface area contributed by atoms with Crippen molar-refractivity contribution in [1.29, 1.82) is 0 Å². The highest BCUT2D eigenvalue weighted by Gasteiger charge is 2.20. The molecule has 0 aliphatic rings. The molecule has 8 heteroatoms. The molecule has 0 aliphatic carbocycles. The van der Waals surface area contributed by atoms with Crippen LogP contribution in [0.3, 0.4) is 0 Å². The Hall–Kier alpha value is -3.22. The second-order valence-corrected chi connectivity index (χ2v) is 7.25. The van der Waals surface area contributed by atoms with E-state index in [9.17, 15) is 9.59 Å². The number of carbonyl (C=O) groups is 2. The van der Waals surface area contributed by atoms with Crippen LogP contribution in [0.5, 0.6) is 17.2 Å². The maximum atomic E-state index is 12.7. The SMILES string of the molecule is COC(=O)c1ccccc1NC(=O)C(C)Oc1ccccc1Oc1ccc(Cl)cc1Cl. The first-order valence-corrected chi connectivity index (χ1v) is 10.0. The van der Waals surface area contributed by atoms with E-state index in [1.54, 1.807) is 73.7 Å². The van der Waals surface area contributed by atoms with Gasteiger partial charge in [-0.15, -0.1) is 0 Å². The monoisotopic (exact) mass is 459 g/mol. The van der Waals surface area contributed by atoms with Gasteiger partial charge in [-0.2, -0.15) is 0 Å². The zero-order chi connectivity index (χ0) is 22.4. The molecule has 3 rings (SSSR count). The van der Waals surface area contributed by atoms with Crippen molar-refractivity contribution < 1.29 is 23.8 Å². The van der Waals surface area contributed by atoms with Gasteiger partial charge in [0.2, 0.25) is 0 Å². The number of amides is 1. The van der Waals surface area contributed by atoms with Crippen LogP contribution in [0.15, 0.2) is 66.7 Å². The summed E-state index contributed by atoms with van der Waals surface area (Å²) in [6.07, 6.45) is -0.892. The van der Waals surface area contributed by atoms with Crippen molar-refractivity contribution in [2.24, 2.45) is 0 Å². The lowest BCUT2D eigenvalue weighted by Gasteiger charge is -2.18. The van der Waals surface area contributed by atoms with Crippen molar-refractivity contribution in [3.05, 3.63) is 82.3 Å². The van der Waals surface area contributed by atoms with Crippen LogP contribution in [-0.2, 0) is 9.53 Å². The van der Waals surface area contributed by atoms with E-state index >= 15 is 0 Å². The van der Waals surface area contributed by atoms with E-state index < -0.39 is 18.0 Å². The number of nitrogens with one attached hydrogen (secondary N) is 1. The maximum Gasteiger partial charge on any atom is 0.339 e. The van der Waals surface area contributed by atoms with E-state index in [0.29, 0.717) is 33.0 Å². The predicted molar refractivity (Wildman–Crippen MR) is 119 cm³/mol. The highest BCUT2D eigenvalue weighted by molar-refractivity contribution is 6.35. The van der Waals surface area contributed by atoms with Gasteiger partial charge < -0.3 is 19.5 Å². The van der Waals surface area contributed by atoms with Crippen LogP contribution in [-0.4, -0.2) is 25.1 Å². The fourth-order valence-corrected chi connectivity index (χ4v) is 3.11. The summed E-state index contributed by atoms with van der Waals surface area (Å²) in [4.78, 5) is 24.6. The van der Waals surface area contributed by atoms with Crippen molar-refractivity contribution in [3.63, 3.8) is 0 Å². The molecule has 1 amide bonds. The standard InChI is InChI=1S/C23H19Cl2NO5/c1-14(22(27)26-18-8-4-3-7-16(18)23(28)29-2)30-20-9-5-6-10-21(20)31-19-12-11-15(24)13-17(19)25/h3-14H,1-2H3,(H,26,27). The Balaban J connectivity index is 1.75. The first-order chi connectivity index (χ1) is 14.9. The van der Waals surface area contributed by atoms with Gasteiger partial charge in [-0.1, -0.05) is 47.5 Å². The molecule has 0 spiro atoms. The minimum absolute atomic E-state index is 0.242. The Labute approximate surface area is 189 Å². The topological polar surface area (TPSA) is 73.9 Å². The van der Waals surface area contributed by atoms with Gasteiger partial charge in [-0.3, -0.25) is 4.79 Å². The van der Waals surface area contributed by atoms with Gasteiger partial charge in [0.25, 0.3) is 5.91 Å². The number of ether oxygens (including phenoxy) is 3. The van der Waals surface area contributed by atoms with Gasteiger partial charge >= 0.3 is 5.97 Å². The molecule has 0 bridgehead atoms. The lowest BCUT2D eigenvalue weighted by Crippen LogP contribution is -2.30. The molecule has 3 aromatic rings. The number of rotatable bonds is 7. The van der Waals surface area contributed by atoms with Gasteiger partial charge in [0.1, 0.15) is 5.75 Å². The largest absolute Gasteiger partial charge is 0.477 e. The highest BCUT2D eigenvalue weighted by Crippen LogP contribution is 2.36. The summed E-state index contributed by atoms with van der Waals surface area (Å²) >= 11 is 12.1. The zero-order valence-corrected chi connectivity index (χ0v) is 18.2. The summed E-state index contributed by atoms with van der Waals surface area (Å²) in [5.74, 6) is 0.115. The van der Waals surface area contributed by atoms with Crippen molar-refractivity contribution >= 4 is 40.8 Å². The number of hydrogen-bond donors (Lipinski definition) is 1. The Morgan fingerprint density at radius 1 is 0.903 bits per heavy atom. The summed E-state index contributed by atoms with van der Waals surface area (Å²) in [6, 6.07) is 18.3. The quantitative estimate of drug-likeness (QED) is 0.440. The molecule has 0 fully saturated rings. The van der Waals surface area contributed by atoms with E-state index in [2.05, 4.69) is 5.32 Å². The fraction of sp³-hybridized carbons (Fsp3) is 0.130. The molecule has 1 unspecified atom stereocenters. The van der Waals surface area contributed by atoms with Gasteiger partial charge in [0.05, 0.1) is 23.4 Å². The van der Waals surface area contributed by atoms with E-state index in [1.165, 1.54) is 7.11 Å². The van der Waals surface area contributed by atoms with Crippen molar-refractivity contribution in [2.75, 3.05) is 12.4 Å². The van der Waals surface area contributed by atoms with Crippen LogP contribution in [0.1, 0.15) is 17.3 Å². The molecule has 0 radical (unpaired) electrons. The van der Waals surface area contributed by atoms with Crippen LogP contribution in [0, 0.1) is 0 Å². The summed E-state index contributed by atoms with van der Waals surface area (Å²) in [7, 11) is 1.27. The molecular formula is C23H19Cl2NO5. The average molecular weight is 460 g/mol. The smallest absolute Gasteiger partial charge is 0.339 e. The lowest BCUT2D eigenvalue weighted by atomic mass is 10.1. The second-order valence-electron chi connectivity index (χ2n) is 6.41. The number of para-hydroxylation sites is 3. The van der Waals surface area contributed by atoms with Crippen LogP contribution < -0.4 is 14.8 Å². The molecule has 160 valence electrons. The molecule has 3 aromatic carbocycles. The number of hydrogen-bond acceptors (Lipinski definition) is 5. The number of halogens is 2. The molecule has 0 heterocycles. The number of esters is 1. The second kappa shape index (κ2) is 10.2. The summed E-state index contributed by atoms with van der Waals surface area (Å²) < 4.78 is 16.4. The summed E-state index contributed by atoms with van der Waals surface area (Å²) in [5.41, 5.74) is 0.568. The number of benzene rings is 3. The Kier molecular flexibility index (Phi) is 7.39. The van der Waals surface area contributed by atoms with Crippen LogP contribution >= 0.6 is 23.2 Å².